The van der Waals surface area contributed by atoms with Gasteiger partial charge in [-0.15, -0.1) is 0 Å². The van der Waals surface area contributed by atoms with Gasteiger partial charge in [-0.3, -0.25) is 14.9 Å². The standard InChI is InChI=1S/C19H21ClN2O6/c1-3-27-17-8-14(10-21-12(2)19(23)24)16(20)9-18(17)28-11-13-4-6-15(7-5-13)22(25)26/h4-9,12,21H,3,10-11H2,1-2H3,(H,23,24). The molecule has 0 spiro atoms. The largest absolute Gasteiger partial charge is 0.490 e. The highest BCUT2D eigenvalue weighted by molar-refractivity contribution is 6.31. The number of hydrogen-bond acceptors (Lipinski definition) is 6. The number of halogens is 1. The minimum Gasteiger partial charge on any atom is -0.490 e. The second kappa shape index (κ2) is 9.91. The minimum absolute atomic E-state index is 0.00856. The van der Waals surface area contributed by atoms with Crippen molar-refractivity contribution in [2.75, 3.05) is 6.61 Å². The van der Waals surface area contributed by atoms with Crippen molar-refractivity contribution >= 4 is 23.3 Å². The van der Waals surface area contributed by atoms with Gasteiger partial charge in [0.2, 0.25) is 0 Å². The maximum Gasteiger partial charge on any atom is 0.320 e. The van der Waals surface area contributed by atoms with E-state index in [1.54, 1.807) is 31.2 Å². The van der Waals surface area contributed by atoms with E-state index in [1.165, 1.54) is 12.1 Å². The van der Waals surface area contributed by atoms with Crippen LogP contribution >= 0.6 is 11.6 Å². The van der Waals surface area contributed by atoms with E-state index >= 15 is 0 Å². The van der Waals surface area contributed by atoms with E-state index in [4.69, 9.17) is 26.2 Å². The summed E-state index contributed by atoms with van der Waals surface area (Å²) in [5.74, 6) is -0.0435. The molecule has 0 amide bonds. The van der Waals surface area contributed by atoms with Crippen LogP contribution in [0, 0.1) is 10.1 Å². The van der Waals surface area contributed by atoms with Crippen LogP contribution in [0.15, 0.2) is 36.4 Å². The molecule has 0 aliphatic heterocycles. The van der Waals surface area contributed by atoms with Crippen LogP contribution in [0.1, 0.15) is 25.0 Å². The molecule has 2 aromatic carbocycles. The number of aliphatic carboxylic acids is 1. The predicted octanol–water partition coefficient (Wildman–Crippen LogP) is 3.79. The molecule has 2 N–H and O–H groups in total. The Morgan fingerprint density at radius 3 is 2.46 bits per heavy atom. The van der Waals surface area contributed by atoms with Crippen molar-refractivity contribution in [1.82, 2.24) is 5.32 Å². The molecule has 0 aromatic heterocycles. The highest BCUT2D eigenvalue weighted by Crippen LogP contribution is 2.34. The molecule has 150 valence electrons. The third kappa shape index (κ3) is 5.83. The van der Waals surface area contributed by atoms with Gasteiger partial charge >= 0.3 is 5.97 Å². The summed E-state index contributed by atoms with van der Waals surface area (Å²) in [6.45, 7) is 4.23. The van der Waals surface area contributed by atoms with Crippen LogP contribution < -0.4 is 14.8 Å². The number of nitro groups is 1. The fraction of sp³-hybridized carbons (Fsp3) is 0.316. The number of nitrogens with zero attached hydrogens (tertiary/aromatic N) is 1. The summed E-state index contributed by atoms with van der Waals surface area (Å²) in [5, 5.41) is 23.0. The van der Waals surface area contributed by atoms with E-state index in [2.05, 4.69) is 5.32 Å². The SMILES string of the molecule is CCOc1cc(CNC(C)C(=O)O)c(Cl)cc1OCc1ccc([N+](=O)[O-])cc1. The Hall–Kier alpha value is -2.84. The number of ether oxygens (including phenoxy) is 2. The number of carboxylic acids is 1. The zero-order valence-electron chi connectivity index (χ0n) is 15.5. The lowest BCUT2D eigenvalue weighted by Gasteiger charge is -2.16. The molecule has 8 nitrogen and oxygen atoms in total. The molecule has 1 atom stereocenters. The van der Waals surface area contributed by atoms with Gasteiger partial charge < -0.3 is 19.9 Å². The highest BCUT2D eigenvalue weighted by Gasteiger charge is 2.15. The third-order valence-electron chi connectivity index (χ3n) is 3.92. The lowest BCUT2D eigenvalue weighted by molar-refractivity contribution is -0.384. The normalized spacial score (nSPS) is 11.7. The highest BCUT2D eigenvalue weighted by atomic mass is 35.5. The molecule has 28 heavy (non-hydrogen) atoms. The molecule has 2 rings (SSSR count). The monoisotopic (exact) mass is 408 g/mol. The number of nitro benzene ring substituents is 1. The summed E-state index contributed by atoms with van der Waals surface area (Å²) in [6, 6.07) is 8.65. The van der Waals surface area contributed by atoms with E-state index in [1.807, 2.05) is 6.92 Å². The van der Waals surface area contributed by atoms with Crippen LogP contribution in [0.2, 0.25) is 5.02 Å². The van der Waals surface area contributed by atoms with Crippen LogP contribution in [-0.2, 0) is 17.9 Å². The third-order valence-corrected chi connectivity index (χ3v) is 4.28. The molecule has 9 heteroatoms. The Balaban J connectivity index is 2.13. The van der Waals surface area contributed by atoms with Crippen molar-refractivity contribution in [3.8, 4) is 11.5 Å². The Morgan fingerprint density at radius 2 is 1.89 bits per heavy atom. The number of non-ortho nitro benzene ring substituents is 1. The Kier molecular flexibility index (Phi) is 7.60. The maximum absolute atomic E-state index is 10.9. The Bertz CT molecular complexity index is 841. The second-order valence-corrected chi connectivity index (χ2v) is 6.38. The van der Waals surface area contributed by atoms with E-state index in [0.29, 0.717) is 28.7 Å². The van der Waals surface area contributed by atoms with Crippen LogP contribution in [0.3, 0.4) is 0 Å². The minimum atomic E-state index is -0.954. The van der Waals surface area contributed by atoms with Crippen molar-refractivity contribution in [1.29, 1.82) is 0 Å². The van der Waals surface area contributed by atoms with Gasteiger partial charge in [0.1, 0.15) is 12.6 Å². The quantitative estimate of drug-likeness (QED) is 0.454. The Labute approximate surface area is 167 Å². The summed E-state index contributed by atoms with van der Waals surface area (Å²) < 4.78 is 11.4. The van der Waals surface area contributed by atoms with E-state index in [0.717, 1.165) is 5.56 Å². The fourth-order valence-corrected chi connectivity index (χ4v) is 2.54. The molecule has 1 unspecified atom stereocenters. The Morgan fingerprint density at radius 1 is 1.25 bits per heavy atom. The van der Waals surface area contributed by atoms with E-state index < -0.39 is 16.9 Å². The zero-order valence-corrected chi connectivity index (χ0v) is 16.2. The number of carbonyl (C=O) groups is 1. The van der Waals surface area contributed by atoms with Crippen molar-refractivity contribution in [3.63, 3.8) is 0 Å². The summed E-state index contributed by atoms with van der Waals surface area (Å²) in [6.07, 6.45) is 0. The van der Waals surface area contributed by atoms with Gasteiger partial charge in [0, 0.05) is 29.8 Å². The first-order valence-electron chi connectivity index (χ1n) is 8.59. The van der Waals surface area contributed by atoms with Crippen molar-refractivity contribution < 1.29 is 24.3 Å². The van der Waals surface area contributed by atoms with Gasteiger partial charge in [-0.2, -0.15) is 0 Å². The summed E-state index contributed by atoms with van der Waals surface area (Å²) >= 11 is 6.30. The van der Waals surface area contributed by atoms with Crippen LogP contribution in [0.4, 0.5) is 5.69 Å². The first-order valence-corrected chi connectivity index (χ1v) is 8.97. The molecule has 0 fully saturated rings. The number of nitrogens with one attached hydrogen (secondary N) is 1. The molecule has 0 heterocycles. The van der Waals surface area contributed by atoms with Crippen molar-refractivity contribution in [2.45, 2.75) is 33.0 Å². The van der Waals surface area contributed by atoms with Gasteiger partial charge in [0.05, 0.1) is 11.5 Å². The van der Waals surface area contributed by atoms with Gasteiger partial charge in [-0.05, 0) is 43.2 Å². The van der Waals surface area contributed by atoms with Gasteiger partial charge in [0.25, 0.3) is 5.69 Å². The second-order valence-electron chi connectivity index (χ2n) is 5.98. The van der Waals surface area contributed by atoms with Crippen LogP contribution in [0.5, 0.6) is 11.5 Å². The van der Waals surface area contributed by atoms with Crippen LogP contribution in [-0.4, -0.2) is 28.6 Å². The molecular weight excluding hydrogens is 388 g/mol. The van der Waals surface area contributed by atoms with E-state index in [-0.39, 0.29) is 18.8 Å². The van der Waals surface area contributed by atoms with Gasteiger partial charge in [-0.1, -0.05) is 11.6 Å². The molecule has 0 saturated carbocycles. The van der Waals surface area contributed by atoms with Crippen LogP contribution in [0.25, 0.3) is 0 Å². The molecular formula is C19H21ClN2O6. The maximum atomic E-state index is 10.9. The molecule has 0 radical (unpaired) electrons. The average Bonchev–Trinajstić information content (AvgIpc) is 2.66. The number of benzene rings is 2. The molecule has 0 saturated heterocycles. The fourth-order valence-electron chi connectivity index (χ4n) is 2.32. The summed E-state index contributed by atoms with van der Waals surface area (Å²) in [4.78, 5) is 21.2. The van der Waals surface area contributed by atoms with Crippen molar-refractivity contribution in [2.24, 2.45) is 0 Å². The summed E-state index contributed by atoms with van der Waals surface area (Å²) in [7, 11) is 0. The van der Waals surface area contributed by atoms with E-state index in [9.17, 15) is 14.9 Å². The topological polar surface area (TPSA) is 111 Å². The lowest BCUT2D eigenvalue weighted by atomic mass is 10.1. The number of carboxylic acid groups (broad SMARTS) is 1. The lowest BCUT2D eigenvalue weighted by Crippen LogP contribution is -2.33. The first kappa shape index (κ1) is 21.5. The average molecular weight is 409 g/mol. The molecule has 0 bridgehead atoms. The molecule has 0 aliphatic carbocycles. The summed E-state index contributed by atoms with van der Waals surface area (Å²) in [5.41, 5.74) is 1.44. The van der Waals surface area contributed by atoms with Gasteiger partial charge in [0.15, 0.2) is 11.5 Å². The first-order chi connectivity index (χ1) is 13.3. The number of hydrogen-bond donors (Lipinski definition) is 2. The zero-order chi connectivity index (χ0) is 20.7. The smallest absolute Gasteiger partial charge is 0.320 e. The van der Waals surface area contributed by atoms with Gasteiger partial charge in [-0.25, -0.2) is 0 Å². The molecule has 2 aromatic rings. The number of rotatable bonds is 10. The molecule has 0 aliphatic rings. The predicted molar refractivity (Wildman–Crippen MR) is 104 cm³/mol. The van der Waals surface area contributed by atoms with Crippen molar-refractivity contribution in [3.05, 3.63) is 62.7 Å².